The van der Waals surface area contributed by atoms with Gasteiger partial charge in [-0.1, -0.05) is 6.92 Å². The quantitative estimate of drug-likeness (QED) is 0.724. The Balaban J connectivity index is 2.27. The molecule has 16 heavy (non-hydrogen) atoms. The van der Waals surface area contributed by atoms with Gasteiger partial charge >= 0.3 is 5.97 Å². The summed E-state index contributed by atoms with van der Waals surface area (Å²) in [7, 11) is 0. The number of ether oxygens (including phenoxy) is 1. The van der Waals surface area contributed by atoms with E-state index in [0.717, 1.165) is 26.0 Å². The molecule has 94 valence electrons. The van der Waals surface area contributed by atoms with Crippen LogP contribution in [0.25, 0.3) is 0 Å². The van der Waals surface area contributed by atoms with Crippen LogP contribution in [0.2, 0.25) is 0 Å². The third kappa shape index (κ3) is 3.46. The van der Waals surface area contributed by atoms with Crippen molar-refractivity contribution in [3.63, 3.8) is 0 Å². The van der Waals surface area contributed by atoms with Gasteiger partial charge < -0.3 is 15.2 Å². The molecule has 2 atom stereocenters. The second-order valence-electron chi connectivity index (χ2n) is 5.19. The summed E-state index contributed by atoms with van der Waals surface area (Å²) in [6, 6.07) is 0. The number of carboxylic acid groups (broad SMARTS) is 1. The van der Waals surface area contributed by atoms with Crippen molar-refractivity contribution < 1.29 is 14.6 Å². The van der Waals surface area contributed by atoms with Crippen LogP contribution in [0.1, 0.15) is 33.6 Å². The minimum absolute atomic E-state index is 0.348. The fourth-order valence-electron chi connectivity index (χ4n) is 2.02. The van der Waals surface area contributed by atoms with Crippen LogP contribution in [0.5, 0.6) is 0 Å². The summed E-state index contributed by atoms with van der Waals surface area (Å²) >= 11 is 0. The molecule has 0 aliphatic carbocycles. The number of hydrogen-bond donors (Lipinski definition) is 2. The van der Waals surface area contributed by atoms with E-state index >= 15 is 0 Å². The van der Waals surface area contributed by atoms with Gasteiger partial charge in [0.25, 0.3) is 0 Å². The lowest BCUT2D eigenvalue weighted by molar-refractivity contribution is -0.146. The molecule has 1 rings (SSSR count). The van der Waals surface area contributed by atoms with E-state index in [9.17, 15) is 4.79 Å². The highest BCUT2D eigenvalue weighted by Crippen LogP contribution is 2.23. The molecular formula is C12H23NO3. The first-order chi connectivity index (χ1) is 7.47. The molecule has 0 radical (unpaired) electrons. The number of rotatable bonds is 6. The highest BCUT2D eigenvalue weighted by atomic mass is 16.5. The summed E-state index contributed by atoms with van der Waals surface area (Å²) in [4.78, 5) is 10.9. The fraction of sp³-hybridized carbons (Fsp3) is 0.917. The van der Waals surface area contributed by atoms with Crippen molar-refractivity contribution in [2.24, 2.45) is 11.3 Å². The summed E-state index contributed by atoms with van der Waals surface area (Å²) in [5.74, 6) is -0.218. The summed E-state index contributed by atoms with van der Waals surface area (Å²) < 4.78 is 5.59. The zero-order valence-electron chi connectivity index (χ0n) is 10.5. The third-order valence-corrected chi connectivity index (χ3v) is 3.30. The Bertz CT molecular complexity index is 240. The zero-order valence-corrected chi connectivity index (χ0v) is 10.5. The molecule has 0 amide bonds. The van der Waals surface area contributed by atoms with Gasteiger partial charge in [-0.2, -0.15) is 0 Å². The number of nitrogens with one attached hydrogen (secondary N) is 1. The molecule has 4 heteroatoms. The average Bonchev–Trinajstić information content (AvgIpc) is 2.64. The minimum atomic E-state index is -0.755. The minimum Gasteiger partial charge on any atom is -0.481 e. The number of carboxylic acids is 1. The molecule has 0 aromatic heterocycles. The number of carbonyl (C=O) groups is 1. The molecule has 0 spiro atoms. The maximum absolute atomic E-state index is 10.9. The maximum Gasteiger partial charge on any atom is 0.310 e. The van der Waals surface area contributed by atoms with Crippen LogP contribution in [0.15, 0.2) is 0 Å². The van der Waals surface area contributed by atoms with Gasteiger partial charge in [0.1, 0.15) is 0 Å². The molecule has 1 heterocycles. The van der Waals surface area contributed by atoms with Crippen LogP contribution in [0, 0.1) is 11.3 Å². The van der Waals surface area contributed by atoms with E-state index in [0.29, 0.717) is 18.6 Å². The molecule has 0 aromatic rings. The van der Waals surface area contributed by atoms with E-state index in [1.807, 2.05) is 0 Å². The molecule has 4 nitrogen and oxygen atoms in total. The maximum atomic E-state index is 10.9. The monoisotopic (exact) mass is 229 g/mol. The van der Waals surface area contributed by atoms with Crippen molar-refractivity contribution in [3.8, 4) is 0 Å². The lowest BCUT2D eigenvalue weighted by Crippen LogP contribution is -2.39. The van der Waals surface area contributed by atoms with Crippen LogP contribution < -0.4 is 5.32 Å². The number of aliphatic carboxylic acids is 1. The summed E-state index contributed by atoms with van der Waals surface area (Å²) in [5.41, 5.74) is -0.693. The second-order valence-corrected chi connectivity index (χ2v) is 5.19. The molecule has 1 aliphatic rings. The smallest absolute Gasteiger partial charge is 0.310 e. The van der Waals surface area contributed by atoms with E-state index in [1.54, 1.807) is 13.8 Å². The Morgan fingerprint density at radius 3 is 2.81 bits per heavy atom. The van der Waals surface area contributed by atoms with Gasteiger partial charge in [0.05, 0.1) is 11.5 Å². The highest BCUT2D eigenvalue weighted by molar-refractivity contribution is 5.73. The van der Waals surface area contributed by atoms with Crippen molar-refractivity contribution in [1.29, 1.82) is 0 Å². The van der Waals surface area contributed by atoms with Crippen LogP contribution in [-0.2, 0) is 9.53 Å². The standard InChI is InChI=1S/C12H23NO3/c1-4-10-9(5-6-16-10)7-13-8-12(2,3)11(14)15/h9-10,13H,4-8H2,1-3H3,(H,14,15). The molecule has 2 unspecified atom stereocenters. The molecule has 2 N–H and O–H groups in total. The van der Waals surface area contributed by atoms with E-state index in [2.05, 4.69) is 12.2 Å². The first kappa shape index (κ1) is 13.5. The lowest BCUT2D eigenvalue weighted by atomic mass is 9.93. The summed E-state index contributed by atoms with van der Waals surface area (Å²) in [5, 5.41) is 12.2. The zero-order chi connectivity index (χ0) is 12.2. The largest absolute Gasteiger partial charge is 0.481 e. The van der Waals surface area contributed by atoms with E-state index in [1.165, 1.54) is 0 Å². The van der Waals surface area contributed by atoms with Gasteiger partial charge in [0.2, 0.25) is 0 Å². The Labute approximate surface area is 97.4 Å². The molecule has 1 fully saturated rings. The van der Waals surface area contributed by atoms with E-state index in [4.69, 9.17) is 9.84 Å². The van der Waals surface area contributed by atoms with Crippen LogP contribution >= 0.6 is 0 Å². The fourth-order valence-corrected chi connectivity index (χ4v) is 2.02. The van der Waals surface area contributed by atoms with Crippen molar-refractivity contribution in [2.75, 3.05) is 19.7 Å². The molecular weight excluding hydrogens is 206 g/mol. The topological polar surface area (TPSA) is 58.6 Å². The predicted molar refractivity (Wildman–Crippen MR) is 62.4 cm³/mol. The van der Waals surface area contributed by atoms with Gasteiger partial charge in [-0.3, -0.25) is 4.79 Å². The molecule has 1 aliphatic heterocycles. The van der Waals surface area contributed by atoms with E-state index in [-0.39, 0.29) is 0 Å². The Morgan fingerprint density at radius 1 is 1.56 bits per heavy atom. The first-order valence-electron chi connectivity index (χ1n) is 6.03. The SMILES string of the molecule is CCC1OCCC1CNCC(C)(C)C(=O)O. The van der Waals surface area contributed by atoms with Gasteiger partial charge in [0, 0.05) is 19.7 Å². The van der Waals surface area contributed by atoms with Crippen LogP contribution in [-0.4, -0.2) is 36.9 Å². The normalized spacial score (nSPS) is 25.9. The van der Waals surface area contributed by atoms with E-state index < -0.39 is 11.4 Å². The van der Waals surface area contributed by atoms with Crippen LogP contribution in [0.3, 0.4) is 0 Å². The average molecular weight is 229 g/mol. The summed E-state index contributed by atoms with van der Waals surface area (Å²) in [6.07, 6.45) is 2.47. The van der Waals surface area contributed by atoms with Gasteiger partial charge in [0.15, 0.2) is 0 Å². The Morgan fingerprint density at radius 2 is 2.25 bits per heavy atom. The second kappa shape index (κ2) is 5.64. The van der Waals surface area contributed by atoms with Crippen molar-refractivity contribution in [2.45, 2.75) is 39.7 Å². The predicted octanol–water partition coefficient (Wildman–Crippen LogP) is 1.50. The third-order valence-electron chi connectivity index (χ3n) is 3.30. The molecule has 0 aromatic carbocycles. The summed E-state index contributed by atoms with van der Waals surface area (Å²) in [6.45, 7) is 7.82. The van der Waals surface area contributed by atoms with Gasteiger partial charge in [-0.25, -0.2) is 0 Å². The van der Waals surface area contributed by atoms with Gasteiger partial charge in [-0.15, -0.1) is 0 Å². The first-order valence-corrected chi connectivity index (χ1v) is 6.03. The number of hydrogen-bond acceptors (Lipinski definition) is 3. The van der Waals surface area contributed by atoms with Crippen molar-refractivity contribution in [3.05, 3.63) is 0 Å². The Hall–Kier alpha value is -0.610. The van der Waals surface area contributed by atoms with Crippen LogP contribution in [0.4, 0.5) is 0 Å². The molecule has 0 bridgehead atoms. The van der Waals surface area contributed by atoms with Gasteiger partial charge in [-0.05, 0) is 32.6 Å². The highest BCUT2D eigenvalue weighted by Gasteiger charge is 2.29. The molecule has 0 saturated carbocycles. The van der Waals surface area contributed by atoms with Crippen molar-refractivity contribution in [1.82, 2.24) is 5.32 Å². The lowest BCUT2D eigenvalue weighted by Gasteiger charge is -2.22. The molecule has 1 saturated heterocycles. The van der Waals surface area contributed by atoms with Crippen molar-refractivity contribution >= 4 is 5.97 Å². The Kier molecular flexibility index (Phi) is 4.74.